The molecular weight excluding hydrogens is 447 g/mol. The number of amidine groups is 1. The quantitative estimate of drug-likeness (QED) is 0.356. The number of ketones is 1. The fourth-order valence-corrected chi connectivity index (χ4v) is 3.32. The van der Waals surface area contributed by atoms with Gasteiger partial charge in [0, 0.05) is 12.4 Å². The number of hydrogen-bond acceptors (Lipinski definition) is 9. The normalized spacial score (nSPS) is 15.0. The SMILES string of the molecule is O=C(CSC1=NNNN1c1ccccc1)C(=C(O)C(Cl)(Cl)Cl)c1cnccn1. The maximum atomic E-state index is 12.8. The third-order valence-corrected chi connectivity index (χ3v) is 4.93. The summed E-state index contributed by atoms with van der Waals surface area (Å²) >= 11 is 18.4. The highest BCUT2D eigenvalue weighted by Crippen LogP contribution is 2.37. The molecule has 0 fully saturated rings. The van der Waals surface area contributed by atoms with Gasteiger partial charge in [0.1, 0.15) is 0 Å². The molecule has 12 heteroatoms. The van der Waals surface area contributed by atoms with Crippen LogP contribution in [-0.2, 0) is 4.79 Å². The van der Waals surface area contributed by atoms with Gasteiger partial charge in [-0.3, -0.25) is 14.8 Å². The molecule has 3 N–H and O–H groups in total. The van der Waals surface area contributed by atoms with Gasteiger partial charge in [-0.1, -0.05) is 64.8 Å². The number of hydrazone groups is 1. The molecule has 0 radical (unpaired) electrons. The summed E-state index contributed by atoms with van der Waals surface area (Å²) in [7, 11) is 0. The molecule has 0 saturated heterocycles. The van der Waals surface area contributed by atoms with Crippen molar-refractivity contribution in [2.24, 2.45) is 5.10 Å². The van der Waals surface area contributed by atoms with Crippen LogP contribution in [0.1, 0.15) is 5.69 Å². The van der Waals surface area contributed by atoms with Gasteiger partial charge in [-0.15, -0.1) is 10.6 Å². The molecule has 0 amide bonds. The Balaban J connectivity index is 1.80. The summed E-state index contributed by atoms with van der Waals surface area (Å²) in [4.78, 5) is 20.8. The van der Waals surface area contributed by atoms with Crippen LogP contribution in [0.3, 0.4) is 0 Å². The van der Waals surface area contributed by atoms with Crippen molar-refractivity contribution in [2.45, 2.75) is 3.79 Å². The molecule has 0 bridgehead atoms. The molecule has 1 aromatic heterocycles. The fraction of sp³-hybridized carbons (Fsp3) is 0.125. The van der Waals surface area contributed by atoms with E-state index >= 15 is 0 Å². The molecule has 1 aromatic carbocycles. The number of aliphatic hydroxyl groups is 1. The maximum Gasteiger partial charge on any atom is 0.248 e. The van der Waals surface area contributed by atoms with E-state index in [1.54, 1.807) is 5.01 Å². The molecule has 2 aromatic rings. The third-order valence-electron chi connectivity index (χ3n) is 3.45. The summed E-state index contributed by atoms with van der Waals surface area (Å²) in [5, 5.41) is 16.6. The van der Waals surface area contributed by atoms with Crippen molar-refractivity contribution in [2.75, 3.05) is 10.8 Å². The second-order valence-electron chi connectivity index (χ2n) is 5.31. The molecule has 0 spiro atoms. The Morgan fingerprint density at radius 1 is 1.21 bits per heavy atom. The lowest BCUT2D eigenvalue weighted by atomic mass is 10.1. The number of allylic oxidation sites excluding steroid dienone is 2. The minimum Gasteiger partial charge on any atom is -0.507 e. The van der Waals surface area contributed by atoms with Crippen molar-refractivity contribution in [3.05, 3.63) is 60.4 Å². The van der Waals surface area contributed by atoms with Gasteiger partial charge in [-0.2, -0.15) is 0 Å². The number of aromatic nitrogens is 2. The van der Waals surface area contributed by atoms with Gasteiger partial charge in [-0.05, 0) is 12.1 Å². The van der Waals surface area contributed by atoms with Crippen LogP contribution in [0.15, 0.2) is 59.8 Å². The number of anilines is 1. The highest BCUT2D eigenvalue weighted by atomic mass is 35.6. The standard InChI is InChI=1S/C16H13Cl3N6O2S/c17-16(18,19)14(27)13(11-8-20-6-7-21-11)12(26)9-28-15-22-23-24-25(15)10-4-2-1-3-5-10/h1-8,23-24,27H,9H2. The monoisotopic (exact) mass is 458 g/mol. The number of benzene rings is 1. The first-order chi connectivity index (χ1) is 13.4. The molecule has 146 valence electrons. The first-order valence-corrected chi connectivity index (χ1v) is 9.86. The van der Waals surface area contributed by atoms with Crippen LogP contribution >= 0.6 is 46.6 Å². The molecule has 28 heavy (non-hydrogen) atoms. The number of aliphatic hydroxyl groups excluding tert-OH is 1. The van der Waals surface area contributed by atoms with E-state index in [1.165, 1.54) is 18.6 Å². The summed E-state index contributed by atoms with van der Waals surface area (Å²) in [6, 6.07) is 9.38. The van der Waals surface area contributed by atoms with Crippen molar-refractivity contribution < 1.29 is 9.90 Å². The number of thioether (sulfide) groups is 1. The Labute approximate surface area is 179 Å². The lowest BCUT2D eigenvalue weighted by Crippen LogP contribution is -2.40. The Hall–Kier alpha value is -2.04. The molecular formula is C16H13Cl3N6O2S. The summed E-state index contributed by atoms with van der Waals surface area (Å²) in [6.07, 6.45) is 4.10. The van der Waals surface area contributed by atoms with Crippen LogP contribution in [0.25, 0.3) is 5.57 Å². The molecule has 8 nitrogen and oxygen atoms in total. The second kappa shape index (κ2) is 8.97. The third kappa shape index (κ3) is 4.86. The van der Waals surface area contributed by atoms with Gasteiger partial charge in [0.05, 0.1) is 28.9 Å². The highest BCUT2D eigenvalue weighted by Gasteiger charge is 2.33. The number of carbonyl (C=O) groups excluding carboxylic acids is 1. The number of hydrazine groups is 2. The molecule has 0 aliphatic carbocycles. The number of para-hydroxylation sites is 1. The zero-order valence-electron chi connectivity index (χ0n) is 14.0. The Morgan fingerprint density at radius 2 is 1.96 bits per heavy atom. The largest absolute Gasteiger partial charge is 0.507 e. The molecule has 0 unspecified atom stereocenters. The number of nitrogens with one attached hydrogen (secondary N) is 2. The molecule has 0 saturated carbocycles. The molecule has 1 aliphatic heterocycles. The number of carbonyl (C=O) groups is 1. The second-order valence-corrected chi connectivity index (χ2v) is 8.54. The van der Waals surface area contributed by atoms with Gasteiger partial charge in [0.2, 0.25) is 8.96 Å². The van der Waals surface area contributed by atoms with Crippen LogP contribution in [0, 0.1) is 0 Å². The smallest absolute Gasteiger partial charge is 0.248 e. The van der Waals surface area contributed by atoms with E-state index in [0.717, 1.165) is 17.4 Å². The van der Waals surface area contributed by atoms with Gasteiger partial charge < -0.3 is 5.11 Å². The summed E-state index contributed by atoms with van der Waals surface area (Å²) in [5.74, 6) is -1.31. The highest BCUT2D eigenvalue weighted by molar-refractivity contribution is 8.14. The molecule has 0 atom stereocenters. The van der Waals surface area contributed by atoms with E-state index in [1.807, 2.05) is 30.3 Å². The lowest BCUT2D eigenvalue weighted by molar-refractivity contribution is -0.111. The number of rotatable bonds is 5. The number of Topliss-reactive ketones (excluding diaryl/α,β-unsaturated/α-hetero) is 1. The van der Waals surface area contributed by atoms with E-state index in [-0.39, 0.29) is 17.0 Å². The topological polar surface area (TPSA) is 103 Å². The van der Waals surface area contributed by atoms with Crippen molar-refractivity contribution in [1.82, 2.24) is 21.0 Å². The van der Waals surface area contributed by atoms with E-state index in [4.69, 9.17) is 34.8 Å². The Bertz CT molecular complexity index is 906. The summed E-state index contributed by atoms with van der Waals surface area (Å²) in [6.45, 7) is 0. The van der Waals surface area contributed by atoms with Gasteiger partial charge in [0.15, 0.2) is 11.5 Å². The number of halogens is 3. The van der Waals surface area contributed by atoms with Gasteiger partial charge in [-0.25, -0.2) is 10.5 Å². The zero-order valence-corrected chi connectivity index (χ0v) is 17.1. The van der Waals surface area contributed by atoms with Crippen molar-refractivity contribution in [1.29, 1.82) is 0 Å². The Morgan fingerprint density at radius 3 is 2.61 bits per heavy atom. The van der Waals surface area contributed by atoms with Crippen LogP contribution < -0.4 is 16.1 Å². The predicted molar refractivity (Wildman–Crippen MR) is 112 cm³/mol. The van der Waals surface area contributed by atoms with Crippen LogP contribution in [0.4, 0.5) is 5.69 Å². The predicted octanol–water partition coefficient (Wildman–Crippen LogP) is 3.22. The first kappa shape index (κ1) is 20.7. The van der Waals surface area contributed by atoms with Crippen LogP contribution in [0.2, 0.25) is 0 Å². The minimum atomic E-state index is -2.18. The minimum absolute atomic E-state index is 0.0950. The van der Waals surface area contributed by atoms with Crippen molar-refractivity contribution >= 4 is 68.8 Å². The van der Waals surface area contributed by atoms with Gasteiger partial charge >= 0.3 is 0 Å². The number of hydrogen-bond donors (Lipinski definition) is 3. The molecule has 3 rings (SSSR count). The average Bonchev–Trinajstić information content (AvgIpc) is 3.16. The van der Waals surface area contributed by atoms with Crippen LogP contribution in [0.5, 0.6) is 0 Å². The number of nitrogens with zero attached hydrogens (tertiary/aromatic N) is 4. The molecule has 1 aliphatic rings. The van der Waals surface area contributed by atoms with E-state index in [2.05, 4.69) is 26.1 Å². The lowest BCUT2D eigenvalue weighted by Gasteiger charge is -2.18. The van der Waals surface area contributed by atoms with E-state index in [0.29, 0.717) is 5.17 Å². The molecule has 2 heterocycles. The maximum absolute atomic E-state index is 12.8. The van der Waals surface area contributed by atoms with E-state index < -0.39 is 15.3 Å². The van der Waals surface area contributed by atoms with Crippen molar-refractivity contribution in [3.8, 4) is 0 Å². The number of alkyl halides is 3. The van der Waals surface area contributed by atoms with E-state index in [9.17, 15) is 9.90 Å². The fourth-order valence-electron chi connectivity index (χ4n) is 2.24. The first-order valence-electron chi connectivity index (χ1n) is 7.74. The zero-order chi connectivity index (χ0) is 20.1. The average molecular weight is 460 g/mol. The van der Waals surface area contributed by atoms with Gasteiger partial charge in [0.25, 0.3) is 0 Å². The summed E-state index contributed by atoms with van der Waals surface area (Å²) in [5.41, 5.74) is 6.19. The van der Waals surface area contributed by atoms with Crippen LogP contribution in [-0.4, -0.2) is 35.6 Å². The summed E-state index contributed by atoms with van der Waals surface area (Å²) < 4.78 is -2.18. The Kier molecular flexibility index (Phi) is 6.63. The van der Waals surface area contributed by atoms with Crippen molar-refractivity contribution in [3.63, 3.8) is 0 Å².